The van der Waals surface area contributed by atoms with Crippen molar-refractivity contribution in [3.05, 3.63) is 45.8 Å². The summed E-state index contributed by atoms with van der Waals surface area (Å²) < 4.78 is 5.61. The van der Waals surface area contributed by atoms with Gasteiger partial charge in [0.1, 0.15) is 10.8 Å². The van der Waals surface area contributed by atoms with Crippen LogP contribution in [0.1, 0.15) is 64.3 Å². The molecule has 0 radical (unpaired) electrons. The lowest BCUT2D eigenvalue weighted by atomic mass is 9.88. The molecule has 1 atom stereocenters. The van der Waals surface area contributed by atoms with Crippen LogP contribution in [0.2, 0.25) is 0 Å². The topological polar surface area (TPSA) is 93.4 Å². The van der Waals surface area contributed by atoms with E-state index in [4.69, 9.17) is 22.7 Å². The fourth-order valence-electron chi connectivity index (χ4n) is 3.45. The Morgan fingerprint density at radius 2 is 2.03 bits per heavy atom. The zero-order chi connectivity index (χ0) is 21.7. The Morgan fingerprint density at radius 3 is 2.70 bits per heavy atom. The third kappa shape index (κ3) is 5.37. The molecule has 0 spiro atoms. The fraction of sp³-hybridized carbons (Fsp3) is 0.409. The second-order valence-electron chi connectivity index (χ2n) is 7.55. The molecular weight excluding hydrogens is 418 g/mol. The molecule has 4 N–H and O–H groups in total. The molecule has 0 aliphatic heterocycles. The van der Waals surface area contributed by atoms with Gasteiger partial charge >= 0.3 is 0 Å². The van der Waals surface area contributed by atoms with Gasteiger partial charge in [0.25, 0.3) is 11.8 Å². The minimum Gasteiger partial charge on any atom is -0.494 e. The number of rotatable bonds is 7. The molecule has 8 heteroatoms. The third-order valence-electron chi connectivity index (χ3n) is 5.10. The Labute approximate surface area is 186 Å². The van der Waals surface area contributed by atoms with Gasteiger partial charge in [0.2, 0.25) is 0 Å². The number of fused-ring (bicyclic) bond motifs is 1. The van der Waals surface area contributed by atoms with E-state index in [1.807, 2.05) is 0 Å². The minimum absolute atomic E-state index is 0.136. The number of hydrogen-bond donors (Lipinski definition) is 3. The number of carbonyl (C=O) groups is 2. The number of amides is 2. The van der Waals surface area contributed by atoms with Crippen LogP contribution in [0.5, 0.6) is 5.75 Å². The molecule has 0 bridgehead atoms. The van der Waals surface area contributed by atoms with Crippen molar-refractivity contribution in [3.8, 4) is 5.75 Å². The number of benzene rings is 1. The number of anilines is 1. The number of thiocarbonyl (C=S) groups is 1. The summed E-state index contributed by atoms with van der Waals surface area (Å²) >= 11 is 6.79. The summed E-state index contributed by atoms with van der Waals surface area (Å²) in [6.45, 7) is 4.96. The number of hydrogen-bond acceptors (Lipinski definition) is 5. The van der Waals surface area contributed by atoms with Crippen LogP contribution in [0.15, 0.2) is 24.3 Å². The SMILES string of the molecule is CCCCOc1ccc(C(=O)NC(=S)Nc2sc3c(c2C(N)=O)CC[C@@H](C)C3)cc1. The van der Waals surface area contributed by atoms with Crippen molar-refractivity contribution in [1.82, 2.24) is 5.32 Å². The van der Waals surface area contributed by atoms with E-state index < -0.39 is 5.91 Å². The summed E-state index contributed by atoms with van der Waals surface area (Å²) in [7, 11) is 0. The number of carbonyl (C=O) groups excluding carboxylic acids is 2. The van der Waals surface area contributed by atoms with E-state index in [2.05, 4.69) is 24.5 Å². The minimum atomic E-state index is -0.475. The molecule has 1 aromatic heterocycles. The average Bonchev–Trinajstić information content (AvgIpc) is 3.05. The van der Waals surface area contributed by atoms with E-state index in [9.17, 15) is 9.59 Å². The molecule has 30 heavy (non-hydrogen) atoms. The van der Waals surface area contributed by atoms with Crippen LogP contribution in [-0.4, -0.2) is 23.5 Å². The Morgan fingerprint density at radius 1 is 1.30 bits per heavy atom. The van der Waals surface area contributed by atoms with Crippen molar-refractivity contribution in [2.45, 2.75) is 46.0 Å². The molecule has 0 saturated heterocycles. The van der Waals surface area contributed by atoms with Gasteiger partial charge in [0.15, 0.2) is 5.11 Å². The summed E-state index contributed by atoms with van der Waals surface area (Å²) in [5, 5.41) is 6.41. The Kier molecular flexibility index (Phi) is 7.44. The van der Waals surface area contributed by atoms with E-state index in [1.165, 1.54) is 11.3 Å². The molecule has 0 fully saturated rings. The van der Waals surface area contributed by atoms with E-state index in [-0.39, 0.29) is 11.0 Å². The second-order valence-corrected chi connectivity index (χ2v) is 9.07. The molecule has 2 amide bonds. The van der Waals surface area contributed by atoms with Crippen LogP contribution in [0.25, 0.3) is 0 Å². The van der Waals surface area contributed by atoms with Gasteiger partial charge in [-0.2, -0.15) is 0 Å². The first-order valence-electron chi connectivity index (χ1n) is 10.2. The predicted molar refractivity (Wildman–Crippen MR) is 125 cm³/mol. The third-order valence-corrected chi connectivity index (χ3v) is 6.47. The molecule has 0 unspecified atom stereocenters. The van der Waals surface area contributed by atoms with Crippen LogP contribution in [0, 0.1) is 5.92 Å². The molecule has 3 rings (SSSR count). The van der Waals surface area contributed by atoms with E-state index in [0.29, 0.717) is 28.7 Å². The smallest absolute Gasteiger partial charge is 0.257 e. The molecule has 1 aromatic carbocycles. The first kappa shape index (κ1) is 22.2. The average molecular weight is 446 g/mol. The number of thiophene rings is 1. The van der Waals surface area contributed by atoms with E-state index in [0.717, 1.165) is 48.3 Å². The Bertz CT molecular complexity index is 938. The highest BCUT2D eigenvalue weighted by Gasteiger charge is 2.27. The lowest BCUT2D eigenvalue weighted by Crippen LogP contribution is -2.34. The number of ether oxygens (including phenoxy) is 1. The number of nitrogens with two attached hydrogens (primary N) is 1. The maximum Gasteiger partial charge on any atom is 0.257 e. The summed E-state index contributed by atoms with van der Waals surface area (Å²) in [5.41, 5.74) is 7.60. The first-order chi connectivity index (χ1) is 14.4. The highest BCUT2D eigenvalue weighted by Crippen LogP contribution is 2.39. The molecule has 1 heterocycles. The van der Waals surface area contributed by atoms with E-state index >= 15 is 0 Å². The van der Waals surface area contributed by atoms with Gasteiger partial charge in [-0.3, -0.25) is 14.9 Å². The summed E-state index contributed by atoms with van der Waals surface area (Å²) in [6.07, 6.45) is 4.84. The van der Waals surface area contributed by atoms with Crippen molar-refractivity contribution >= 4 is 45.5 Å². The number of primary amides is 1. The number of nitrogens with one attached hydrogen (secondary N) is 2. The zero-order valence-corrected chi connectivity index (χ0v) is 18.9. The Hall–Kier alpha value is -2.45. The maximum absolute atomic E-state index is 12.5. The van der Waals surface area contributed by atoms with Gasteiger partial charge in [-0.15, -0.1) is 11.3 Å². The van der Waals surface area contributed by atoms with Crippen molar-refractivity contribution in [2.75, 3.05) is 11.9 Å². The fourth-order valence-corrected chi connectivity index (χ4v) is 5.13. The second kappa shape index (κ2) is 10.0. The number of unbranched alkanes of at least 4 members (excludes halogenated alkanes) is 1. The lowest BCUT2D eigenvalue weighted by molar-refractivity contribution is 0.0975. The van der Waals surface area contributed by atoms with Crippen LogP contribution in [0.4, 0.5) is 5.00 Å². The molecule has 6 nitrogen and oxygen atoms in total. The van der Waals surface area contributed by atoms with Crippen molar-refractivity contribution in [3.63, 3.8) is 0 Å². The quantitative estimate of drug-likeness (QED) is 0.437. The normalized spacial score (nSPS) is 15.2. The summed E-state index contributed by atoms with van der Waals surface area (Å²) in [4.78, 5) is 25.7. The van der Waals surface area contributed by atoms with Crippen LogP contribution >= 0.6 is 23.6 Å². The zero-order valence-electron chi connectivity index (χ0n) is 17.2. The summed E-state index contributed by atoms with van der Waals surface area (Å²) in [6, 6.07) is 6.92. The standard InChI is InChI=1S/C22H27N3O3S2/c1-3-4-11-28-15-8-6-14(7-9-15)20(27)24-22(29)25-21-18(19(23)26)16-10-5-13(2)12-17(16)30-21/h6-9,13H,3-5,10-12H2,1-2H3,(H2,23,26)(H2,24,25,27,29)/t13-/m1/s1. The van der Waals surface area contributed by atoms with Gasteiger partial charge in [0, 0.05) is 10.4 Å². The molecular formula is C22H27N3O3S2. The monoisotopic (exact) mass is 445 g/mol. The van der Waals surface area contributed by atoms with Crippen LogP contribution in [-0.2, 0) is 12.8 Å². The molecule has 160 valence electrons. The van der Waals surface area contributed by atoms with Crippen molar-refractivity contribution in [1.29, 1.82) is 0 Å². The van der Waals surface area contributed by atoms with Crippen LogP contribution in [0.3, 0.4) is 0 Å². The van der Waals surface area contributed by atoms with Crippen molar-refractivity contribution < 1.29 is 14.3 Å². The molecule has 0 saturated carbocycles. The van der Waals surface area contributed by atoms with Gasteiger partial charge in [-0.1, -0.05) is 20.3 Å². The summed E-state index contributed by atoms with van der Waals surface area (Å²) in [5.74, 6) is 0.496. The first-order valence-corrected chi connectivity index (χ1v) is 11.4. The van der Waals surface area contributed by atoms with Gasteiger partial charge in [-0.25, -0.2) is 0 Å². The highest BCUT2D eigenvalue weighted by atomic mass is 32.1. The molecule has 2 aromatic rings. The van der Waals surface area contributed by atoms with Gasteiger partial charge in [0.05, 0.1) is 12.2 Å². The predicted octanol–water partition coefficient (Wildman–Crippen LogP) is 4.28. The lowest BCUT2D eigenvalue weighted by Gasteiger charge is -2.18. The highest BCUT2D eigenvalue weighted by molar-refractivity contribution is 7.80. The van der Waals surface area contributed by atoms with Crippen molar-refractivity contribution in [2.24, 2.45) is 11.7 Å². The maximum atomic E-state index is 12.5. The van der Waals surface area contributed by atoms with E-state index in [1.54, 1.807) is 24.3 Å². The molecule has 1 aliphatic rings. The Balaban J connectivity index is 1.64. The largest absolute Gasteiger partial charge is 0.494 e. The van der Waals surface area contributed by atoms with Gasteiger partial charge < -0.3 is 15.8 Å². The van der Waals surface area contributed by atoms with Gasteiger partial charge in [-0.05, 0) is 73.6 Å². The van der Waals surface area contributed by atoms with Crippen LogP contribution < -0.4 is 21.1 Å². The molecule has 1 aliphatic carbocycles.